The Hall–Kier alpha value is -8.09. The SMILES string of the molecule is CCc1cccc(C)c1N(C(=O)CCl)C(C)COC.CCc1cccc(C)c1N=C(C)COC.CCc1cccc(C)c1NC(C)COC.COC(=O)C(C)=Nc1c(C)cccc1C.COC(=O)C(C)Nc1c(C)cccc1C.COCC(=O)Cl.COCC(=O)N(c1c(C)cccc1C)C(C)C(=O)OC.O=C(Cl)CCl.[HH].[HH]. The van der Waals surface area contributed by atoms with Crippen molar-refractivity contribution in [3.63, 3.8) is 0 Å². The molecule has 0 aliphatic carbocycles. The molecule has 6 aromatic carbocycles. The number of halogens is 4. The first-order valence-corrected chi connectivity index (χ1v) is 37.7. The number of aliphatic imine (C=N–C) groups is 2. The van der Waals surface area contributed by atoms with E-state index < -0.39 is 28.5 Å². The molecule has 0 heterocycles. The average Bonchev–Trinajstić information content (AvgIpc) is 0.808. The van der Waals surface area contributed by atoms with Crippen LogP contribution in [0.2, 0.25) is 0 Å². The van der Waals surface area contributed by atoms with Crippen molar-refractivity contribution >= 4 is 132 Å². The van der Waals surface area contributed by atoms with E-state index in [4.69, 9.17) is 70.1 Å². The van der Waals surface area contributed by atoms with Gasteiger partial charge >= 0.3 is 17.9 Å². The van der Waals surface area contributed by atoms with Crippen molar-refractivity contribution in [3.8, 4) is 0 Å². The number of anilines is 4. The van der Waals surface area contributed by atoms with Crippen molar-refractivity contribution in [2.45, 2.75) is 168 Å². The average molecular weight is 1610 g/mol. The Morgan fingerprint density at radius 3 is 1.24 bits per heavy atom. The Morgan fingerprint density at radius 1 is 0.427 bits per heavy atom. The topological polar surface area (TPSA) is 249 Å². The predicted molar refractivity (Wildman–Crippen MR) is 458 cm³/mol. The molecule has 4 atom stereocenters. The van der Waals surface area contributed by atoms with Crippen LogP contribution in [0, 0.1) is 62.3 Å². The van der Waals surface area contributed by atoms with E-state index >= 15 is 0 Å². The fourth-order valence-corrected chi connectivity index (χ4v) is 11.1. The summed E-state index contributed by atoms with van der Waals surface area (Å²) in [6.07, 6.45) is 2.95. The third-order valence-electron chi connectivity index (χ3n) is 16.2. The van der Waals surface area contributed by atoms with E-state index in [0.717, 1.165) is 105 Å². The fourth-order valence-electron chi connectivity index (χ4n) is 10.8. The number of amides is 2. The van der Waals surface area contributed by atoms with Crippen molar-refractivity contribution in [1.82, 2.24) is 0 Å². The van der Waals surface area contributed by atoms with Crippen LogP contribution in [0.3, 0.4) is 0 Å². The van der Waals surface area contributed by atoms with Gasteiger partial charge in [0.2, 0.25) is 16.4 Å². The summed E-state index contributed by atoms with van der Waals surface area (Å²) in [6, 6.07) is 35.7. The number of carbonyl (C=O) groups is 7. The molecular formula is C85H126Cl4N6O15. The van der Waals surface area contributed by atoms with Crippen LogP contribution in [0.25, 0.3) is 0 Å². The van der Waals surface area contributed by atoms with Crippen LogP contribution in [0.1, 0.15) is 132 Å². The molecule has 0 bridgehead atoms. The quantitative estimate of drug-likeness (QED) is 0.0152. The molecule has 0 spiro atoms. The van der Waals surface area contributed by atoms with Gasteiger partial charge in [-0.05, 0) is 213 Å². The van der Waals surface area contributed by atoms with Gasteiger partial charge in [0.1, 0.15) is 36.9 Å². The van der Waals surface area contributed by atoms with Crippen LogP contribution in [0.15, 0.2) is 119 Å². The first-order valence-electron chi connectivity index (χ1n) is 35.9. The molecule has 4 unspecified atom stereocenters. The van der Waals surface area contributed by atoms with Gasteiger partial charge in [-0.1, -0.05) is 130 Å². The van der Waals surface area contributed by atoms with Crippen LogP contribution >= 0.6 is 46.4 Å². The fraction of sp³-hybridized carbons (Fsp3) is 0.471. The highest BCUT2D eigenvalue weighted by Gasteiger charge is 2.30. The van der Waals surface area contributed by atoms with E-state index in [2.05, 4.69) is 119 Å². The van der Waals surface area contributed by atoms with Crippen LogP contribution in [0.4, 0.5) is 34.1 Å². The van der Waals surface area contributed by atoms with Gasteiger partial charge in [0.15, 0.2) is 0 Å². The Bertz CT molecular complexity index is 3810. The normalized spacial score (nSPS) is 11.6. The van der Waals surface area contributed by atoms with Gasteiger partial charge in [-0.15, -0.1) is 23.2 Å². The number of aryl methyl sites for hydroxylation is 12. The van der Waals surface area contributed by atoms with E-state index in [9.17, 15) is 33.6 Å². The second-order valence-electron chi connectivity index (χ2n) is 25.3. The first-order chi connectivity index (χ1) is 52.0. The Kier molecular flexibility index (Phi) is 55.5. The van der Waals surface area contributed by atoms with Gasteiger partial charge in [0, 0.05) is 61.5 Å². The number of para-hydroxylation sites is 6. The number of esters is 3. The first kappa shape index (κ1) is 104. The molecular weight excluding hydrogens is 1490 g/mol. The Balaban J connectivity index is -0.000000607. The van der Waals surface area contributed by atoms with E-state index in [1.807, 2.05) is 129 Å². The van der Waals surface area contributed by atoms with Gasteiger partial charge in [-0.25, -0.2) is 19.4 Å². The maximum Gasteiger partial charge on any atom is 0.352 e. The molecule has 0 saturated heterocycles. The number of hydrogen-bond acceptors (Lipinski definition) is 19. The number of nitrogens with one attached hydrogen (secondary N) is 2. The second-order valence-corrected chi connectivity index (χ2v) is 26.7. The largest absolute Gasteiger partial charge is 0.467 e. The van der Waals surface area contributed by atoms with Crippen LogP contribution in [0.5, 0.6) is 0 Å². The number of benzene rings is 6. The highest BCUT2D eigenvalue weighted by Crippen LogP contribution is 2.31. The van der Waals surface area contributed by atoms with Gasteiger partial charge in [-0.2, -0.15) is 0 Å². The van der Waals surface area contributed by atoms with Crippen molar-refractivity contribution in [2.75, 3.05) is 122 Å². The van der Waals surface area contributed by atoms with Crippen molar-refractivity contribution in [2.24, 2.45) is 9.98 Å². The summed E-state index contributed by atoms with van der Waals surface area (Å²) in [5, 5.41) is 5.69. The molecule has 0 fully saturated rings. The molecule has 6 aromatic rings. The van der Waals surface area contributed by atoms with Crippen molar-refractivity contribution in [3.05, 3.63) is 176 Å². The van der Waals surface area contributed by atoms with Crippen molar-refractivity contribution < 1.29 is 74.3 Å². The minimum absolute atomic E-state index is 0. The molecule has 2 N–H and O–H groups in total. The van der Waals surface area contributed by atoms with Gasteiger partial charge in [0.05, 0.1) is 75.8 Å². The summed E-state index contributed by atoms with van der Waals surface area (Å²) in [6.45, 7) is 37.4. The lowest BCUT2D eigenvalue weighted by Crippen LogP contribution is -2.46. The van der Waals surface area contributed by atoms with Gasteiger partial charge in [-0.3, -0.25) is 29.1 Å². The number of methoxy groups -OCH3 is 8. The zero-order chi connectivity index (χ0) is 84.3. The molecule has 0 saturated carbocycles. The summed E-state index contributed by atoms with van der Waals surface area (Å²) in [7, 11) is 12.0. The Labute approximate surface area is 678 Å². The number of ether oxygens (including phenoxy) is 8. The summed E-state index contributed by atoms with van der Waals surface area (Å²) in [5.74, 6) is -1.59. The van der Waals surface area contributed by atoms with E-state index in [1.54, 1.807) is 47.0 Å². The highest BCUT2D eigenvalue weighted by molar-refractivity contribution is 6.67. The number of nitrogens with zero attached hydrogens (tertiary/aromatic N) is 4. The van der Waals surface area contributed by atoms with Crippen molar-refractivity contribution in [1.29, 1.82) is 0 Å². The predicted octanol–water partition coefficient (Wildman–Crippen LogP) is 18.0. The second kappa shape index (κ2) is 58.8. The number of rotatable bonds is 28. The zero-order valence-electron chi connectivity index (χ0n) is 69.7. The maximum absolute atomic E-state index is 12.3. The maximum atomic E-state index is 12.3. The monoisotopic (exact) mass is 1610 g/mol. The standard InChI is InChI=1S/C15H22ClNO2.C15H21NO4.C13H21NO.C13H19NO.C12H17NO2.C12H15NO2.C3H5ClO2.C2H2Cl2O.2H2/c1-5-13-8-6-7-11(2)15(13)17(14(18)9-16)12(3)10-19-4;1-10-7-6-8-11(2)14(10)16(13(17)9-19-4)12(3)15(18)20-5;2*1-5-12-8-6-7-10(2)13(12)14-11(3)9-15-4;2*1-8-6-5-7-9(2)11(8)13-10(3)12(14)15-4;1-6-2-3(4)5;3-1-2(4)5;;/h6-8,12H,5,9-10H2,1-4H3;6-8,12H,9H2,1-5H3;6-8,11,14H,5,9H2,1-4H3;6-8H,5,9H2,1-4H3;5-7,10,13H,1-4H3;5-7H,1-4H3;2H2,1H3;1H2;2*1H. The molecule has 6 rings (SSSR count). The lowest BCUT2D eigenvalue weighted by molar-refractivity contribution is -0.143. The molecule has 21 nitrogen and oxygen atoms in total. The molecule has 0 aliphatic heterocycles. The summed E-state index contributed by atoms with van der Waals surface area (Å²) < 4.78 is 38.6. The molecule has 614 valence electrons. The smallest absolute Gasteiger partial charge is 0.352 e. The van der Waals surface area contributed by atoms with E-state index in [1.165, 1.54) is 68.4 Å². The number of hydrogen-bond donors (Lipinski definition) is 2. The molecule has 0 aromatic heterocycles. The summed E-state index contributed by atoms with van der Waals surface area (Å²) >= 11 is 20.1. The summed E-state index contributed by atoms with van der Waals surface area (Å²) in [4.78, 5) is 90.0. The van der Waals surface area contributed by atoms with Crippen LogP contribution < -0.4 is 20.4 Å². The Morgan fingerprint density at radius 2 is 0.836 bits per heavy atom. The zero-order valence-corrected chi connectivity index (χ0v) is 72.7. The number of alkyl halides is 2. The minimum atomic E-state index is -0.706. The van der Waals surface area contributed by atoms with Crippen LogP contribution in [-0.2, 0) is 90.7 Å². The van der Waals surface area contributed by atoms with Gasteiger partial charge in [0.25, 0.3) is 5.91 Å². The van der Waals surface area contributed by atoms with Crippen LogP contribution in [-0.4, -0.2) is 177 Å². The molecule has 25 heteroatoms. The molecule has 2 amide bonds. The third-order valence-corrected chi connectivity index (χ3v) is 17.0. The highest BCUT2D eigenvalue weighted by atomic mass is 35.5. The molecule has 0 aliphatic rings. The minimum Gasteiger partial charge on any atom is -0.467 e. The molecule has 110 heavy (non-hydrogen) atoms. The third kappa shape index (κ3) is 38.7. The van der Waals surface area contributed by atoms with Gasteiger partial charge < -0.3 is 53.4 Å². The number of carbonyl (C=O) groups excluding carboxylic acids is 7. The lowest BCUT2D eigenvalue weighted by Gasteiger charge is -2.31. The van der Waals surface area contributed by atoms with E-state index in [0.29, 0.717) is 25.0 Å². The molecule has 0 radical (unpaired) electrons. The summed E-state index contributed by atoms with van der Waals surface area (Å²) in [5.41, 5.74) is 21.0. The lowest BCUT2D eigenvalue weighted by atomic mass is 10.0. The van der Waals surface area contributed by atoms with E-state index in [-0.39, 0.29) is 57.7 Å².